The van der Waals surface area contributed by atoms with Gasteiger partial charge in [-0.2, -0.15) is 0 Å². The second kappa shape index (κ2) is 10.5. The predicted octanol–water partition coefficient (Wildman–Crippen LogP) is 10.5. The first-order valence-electron chi connectivity index (χ1n) is 12.2. The van der Waals surface area contributed by atoms with Crippen molar-refractivity contribution in [3.8, 4) is 45.0 Å². The lowest BCUT2D eigenvalue weighted by Crippen LogP contribution is -1.96. The van der Waals surface area contributed by atoms with E-state index in [9.17, 15) is 0 Å². The second-order valence-corrected chi connectivity index (χ2v) is 10.9. The summed E-state index contributed by atoms with van der Waals surface area (Å²) in [6, 6.07) is 39.9. The lowest BCUT2D eigenvalue weighted by molar-refractivity contribution is 1.18. The highest BCUT2D eigenvalue weighted by molar-refractivity contribution is 9.11. The molecular formula is C34H22Br2N2. The molecule has 182 valence electrons. The molecule has 0 radical (unpaired) electrons. The molecule has 0 aliphatic heterocycles. The number of fused-ring (bicyclic) bond motifs is 1. The van der Waals surface area contributed by atoms with Gasteiger partial charge in [-0.05, 0) is 57.8 Å². The Balaban J connectivity index is 1.46. The van der Waals surface area contributed by atoms with E-state index in [1.165, 1.54) is 10.9 Å². The fraction of sp³-hybridized carbons (Fsp3) is 0. The molecule has 1 aromatic heterocycles. The van der Waals surface area contributed by atoms with Crippen LogP contribution in [-0.4, -0.2) is 9.97 Å². The summed E-state index contributed by atoms with van der Waals surface area (Å²) < 4.78 is 1.97. The SMILES string of the molecule is C=Cc1ccc(-c2ccc(-c3cc(-c4cc(Br)cc(Br)c4)nc(-c4ccc5ccccc5c4)n3)cc2)cc1. The van der Waals surface area contributed by atoms with E-state index in [0.29, 0.717) is 5.82 Å². The number of halogens is 2. The minimum atomic E-state index is 0.698. The van der Waals surface area contributed by atoms with Crippen molar-refractivity contribution in [2.24, 2.45) is 0 Å². The first-order valence-corrected chi connectivity index (χ1v) is 13.8. The molecule has 6 rings (SSSR count). The Bertz CT molecular complexity index is 1770. The largest absolute Gasteiger partial charge is 0.228 e. The average molecular weight is 618 g/mol. The Morgan fingerprint density at radius 2 is 1.05 bits per heavy atom. The van der Waals surface area contributed by atoms with Crippen molar-refractivity contribution in [3.63, 3.8) is 0 Å². The number of aromatic nitrogens is 2. The Morgan fingerprint density at radius 3 is 1.71 bits per heavy atom. The molecule has 0 amide bonds. The fourth-order valence-corrected chi connectivity index (χ4v) is 5.84. The van der Waals surface area contributed by atoms with Gasteiger partial charge in [-0.1, -0.05) is 129 Å². The van der Waals surface area contributed by atoms with Gasteiger partial charge in [0.15, 0.2) is 5.82 Å². The van der Waals surface area contributed by atoms with Crippen molar-refractivity contribution >= 4 is 48.7 Å². The molecular weight excluding hydrogens is 596 g/mol. The first-order chi connectivity index (χ1) is 18.6. The molecule has 0 spiro atoms. The van der Waals surface area contributed by atoms with Crippen LogP contribution in [-0.2, 0) is 0 Å². The van der Waals surface area contributed by atoms with Crippen molar-refractivity contribution in [1.29, 1.82) is 0 Å². The molecule has 0 saturated heterocycles. The highest BCUT2D eigenvalue weighted by atomic mass is 79.9. The van der Waals surface area contributed by atoms with Gasteiger partial charge >= 0.3 is 0 Å². The zero-order valence-electron chi connectivity index (χ0n) is 20.4. The highest BCUT2D eigenvalue weighted by Gasteiger charge is 2.12. The molecule has 5 aromatic carbocycles. The molecule has 0 fully saturated rings. The van der Waals surface area contributed by atoms with Crippen LogP contribution in [0.25, 0.3) is 61.9 Å². The fourth-order valence-electron chi connectivity index (χ4n) is 4.55. The lowest BCUT2D eigenvalue weighted by Gasteiger charge is -2.11. The van der Waals surface area contributed by atoms with Gasteiger partial charge in [0.2, 0.25) is 0 Å². The summed E-state index contributed by atoms with van der Waals surface area (Å²) in [7, 11) is 0. The molecule has 0 N–H and O–H groups in total. The number of nitrogens with zero attached hydrogens (tertiary/aromatic N) is 2. The van der Waals surface area contributed by atoms with Gasteiger partial charge in [-0.3, -0.25) is 0 Å². The average Bonchev–Trinajstić information content (AvgIpc) is 2.96. The van der Waals surface area contributed by atoms with Crippen molar-refractivity contribution < 1.29 is 0 Å². The van der Waals surface area contributed by atoms with E-state index in [1.54, 1.807) is 0 Å². The summed E-state index contributed by atoms with van der Waals surface area (Å²) in [4.78, 5) is 10.0. The molecule has 38 heavy (non-hydrogen) atoms. The van der Waals surface area contributed by atoms with Gasteiger partial charge in [0.1, 0.15) is 0 Å². The molecule has 0 aliphatic rings. The lowest BCUT2D eigenvalue weighted by atomic mass is 10.0. The molecule has 0 atom stereocenters. The molecule has 1 heterocycles. The van der Waals surface area contributed by atoms with Gasteiger partial charge in [0, 0.05) is 25.6 Å². The maximum absolute atomic E-state index is 5.03. The van der Waals surface area contributed by atoms with E-state index in [2.05, 4.69) is 148 Å². The van der Waals surface area contributed by atoms with E-state index in [1.807, 2.05) is 12.1 Å². The molecule has 2 nitrogen and oxygen atoms in total. The number of hydrogen-bond acceptors (Lipinski definition) is 2. The monoisotopic (exact) mass is 616 g/mol. The van der Waals surface area contributed by atoms with Crippen LogP contribution in [0.15, 0.2) is 131 Å². The molecule has 0 aliphatic carbocycles. The van der Waals surface area contributed by atoms with Crippen molar-refractivity contribution in [1.82, 2.24) is 9.97 Å². The van der Waals surface area contributed by atoms with Gasteiger partial charge < -0.3 is 0 Å². The van der Waals surface area contributed by atoms with Crippen LogP contribution < -0.4 is 0 Å². The summed E-state index contributed by atoms with van der Waals surface area (Å²) in [5.74, 6) is 0.698. The van der Waals surface area contributed by atoms with Crippen molar-refractivity contribution in [2.45, 2.75) is 0 Å². The molecule has 6 aromatic rings. The van der Waals surface area contributed by atoms with Gasteiger partial charge in [0.25, 0.3) is 0 Å². The third kappa shape index (κ3) is 5.10. The molecule has 0 bridgehead atoms. The second-order valence-electron chi connectivity index (χ2n) is 9.09. The van der Waals surface area contributed by atoms with Crippen LogP contribution >= 0.6 is 31.9 Å². The van der Waals surface area contributed by atoms with E-state index in [4.69, 9.17) is 9.97 Å². The van der Waals surface area contributed by atoms with E-state index < -0.39 is 0 Å². The Labute approximate surface area is 239 Å². The third-order valence-corrected chi connectivity index (χ3v) is 7.47. The maximum atomic E-state index is 5.03. The maximum Gasteiger partial charge on any atom is 0.160 e. The van der Waals surface area contributed by atoms with Crippen molar-refractivity contribution in [2.75, 3.05) is 0 Å². The van der Waals surface area contributed by atoms with E-state index >= 15 is 0 Å². The minimum absolute atomic E-state index is 0.698. The Hall–Kier alpha value is -3.86. The van der Waals surface area contributed by atoms with Crippen LogP contribution in [0.2, 0.25) is 0 Å². The Morgan fingerprint density at radius 1 is 0.500 bits per heavy atom. The third-order valence-electron chi connectivity index (χ3n) is 6.55. The quantitative estimate of drug-likeness (QED) is 0.192. The van der Waals surface area contributed by atoms with Gasteiger partial charge in [-0.25, -0.2) is 9.97 Å². The summed E-state index contributed by atoms with van der Waals surface area (Å²) >= 11 is 7.25. The summed E-state index contributed by atoms with van der Waals surface area (Å²) in [5.41, 5.74) is 8.21. The number of benzene rings is 5. The number of rotatable bonds is 5. The van der Waals surface area contributed by atoms with Crippen LogP contribution in [0.1, 0.15) is 5.56 Å². The van der Waals surface area contributed by atoms with E-state index in [-0.39, 0.29) is 0 Å². The molecule has 4 heteroatoms. The van der Waals surface area contributed by atoms with Gasteiger partial charge in [0.05, 0.1) is 11.4 Å². The Kier molecular flexibility index (Phi) is 6.75. The first kappa shape index (κ1) is 24.5. The zero-order valence-corrected chi connectivity index (χ0v) is 23.6. The van der Waals surface area contributed by atoms with Gasteiger partial charge in [-0.15, -0.1) is 0 Å². The van der Waals surface area contributed by atoms with Crippen LogP contribution in [0.5, 0.6) is 0 Å². The minimum Gasteiger partial charge on any atom is -0.228 e. The summed E-state index contributed by atoms with van der Waals surface area (Å²) in [5, 5.41) is 2.36. The summed E-state index contributed by atoms with van der Waals surface area (Å²) in [6.45, 7) is 3.84. The van der Waals surface area contributed by atoms with Crippen LogP contribution in [0.4, 0.5) is 0 Å². The highest BCUT2D eigenvalue weighted by Crippen LogP contribution is 2.32. The predicted molar refractivity (Wildman–Crippen MR) is 167 cm³/mol. The van der Waals surface area contributed by atoms with Crippen LogP contribution in [0, 0.1) is 0 Å². The molecule has 0 unspecified atom stereocenters. The zero-order chi connectivity index (χ0) is 26.1. The topological polar surface area (TPSA) is 25.8 Å². The smallest absolute Gasteiger partial charge is 0.160 e. The molecule has 0 saturated carbocycles. The normalized spacial score (nSPS) is 11.0. The van der Waals surface area contributed by atoms with E-state index in [0.717, 1.165) is 53.5 Å². The summed E-state index contributed by atoms with van der Waals surface area (Å²) in [6.07, 6.45) is 1.86. The number of hydrogen-bond donors (Lipinski definition) is 0. The van der Waals surface area contributed by atoms with Crippen LogP contribution in [0.3, 0.4) is 0 Å². The standard InChI is InChI=1S/C34H22Br2N2/c1-2-22-7-9-24(10-8-22)25-11-14-26(15-12-25)32-21-33(29-18-30(35)20-31(36)19-29)38-34(37-32)28-16-13-23-5-3-4-6-27(23)17-28/h2-21H,1H2. The van der Waals surface area contributed by atoms with Crippen molar-refractivity contribution in [3.05, 3.63) is 136 Å².